The highest BCUT2D eigenvalue weighted by Crippen LogP contribution is 2.34. The lowest BCUT2D eigenvalue weighted by molar-refractivity contribution is -0.113. The first-order chi connectivity index (χ1) is 17.3. The van der Waals surface area contributed by atoms with Crippen molar-refractivity contribution in [2.75, 3.05) is 24.3 Å². The average molecular weight is 530 g/mol. The van der Waals surface area contributed by atoms with Crippen LogP contribution in [0.2, 0.25) is 0 Å². The number of para-hydroxylation sites is 1. The van der Waals surface area contributed by atoms with Gasteiger partial charge in [0.1, 0.15) is 10.8 Å². The number of rotatable bonds is 12. The van der Waals surface area contributed by atoms with E-state index in [1.165, 1.54) is 11.8 Å². The molecular formula is C24H27N5O5S2. The van der Waals surface area contributed by atoms with E-state index in [0.29, 0.717) is 35.4 Å². The average Bonchev–Trinajstić information content (AvgIpc) is 3.39. The van der Waals surface area contributed by atoms with Crippen LogP contribution in [0.4, 0.5) is 5.00 Å². The molecule has 36 heavy (non-hydrogen) atoms. The zero-order chi connectivity index (χ0) is 26.2. The number of esters is 1. The molecule has 2 heterocycles. The van der Waals surface area contributed by atoms with Gasteiger partial charge in [-0.1, -0.05) is 30.0 Å². The number of hydrogen-bond acceptors (Lipinski definition) is 9. The summed E-state index contributed by atoms with van der Waals surface area (Å²) in [5.41, 5.74) is 6.70. The number of ether oxygens (including phenoxy) is 2. The number of carbonyl (C=O) groups excluding carboxylic acids is 3. The number of nitrogens with two attached hydrogens (primary N) is 1. The Kier molecular flexibility index (Phi) is 9.25. The highest BCUT2D eigenvalue weighted by molar-refractivity contribution is 7.99. The fourth-order valence-corrected chi connectivity index (χ4v) is 5.21. The van der Waals surface area contributed by atoms with Crippen molar-refractivity contribution in [3.8, 4) is 17.1 Å². The van der Waals surface area contributed by atoms with Gasteiger partial charge in [-0.15, -0.1) is 28.1 Å². The molecule has 0 aliphatic rings. The number of hydrogen-bond donors (Lipinski definition) is 2. The second kappa shape index (κ2) is 12.4. The van der Waals surface area contributed by atoms with Crippen molar-refractivity contribution in [2.45, 2.75) is 32.5 Å². The highest BCUT2D eigenvalue weighted by Gasteiger charge is 2.26. The molecule has 2 aromatic heterocycles. The van der Waals surface area contributed by atoms with Crippen LogP contribution in [0.25, 0.3) is 11.4 Å². The summed E-state index contributed by atoms with van der Waals surface area (Å²) in [6, 6.07) is 7.51. The van der Waals surface area contributed by atoms with Gasteiger partial charge in [0.05, 0.1) is 35.0 Å². The molecule has 0 saturated heterocycles. The Labute approximate surface area is 216 Å². The van der Waals surface area contributed by atoms with Gasteiger partial charge in [0, 0.05) is 6.54 Å². The Balaban J connectivity index is 1.82. The maximum absolute atomic E-state index is 12.8. The summed E-state index contributed by atoms with van der Waals surface area (Å²) in [5.74, 6) is -0.469. The SMILES string of the molecule is C=CCn1c(SCC(=O)Nc2sc(C(N)=O)c(C)c2C(=O)OCC)nnc1-c1ccccc1OCC. The molecule has 3 rings (SSSR count). The molecule has 0 aliphatic heterocycles. The Morgan fingerprint density at radius 2 is 1.97 bits per heavy atom. The third-order valence-electron chi connectivity index (χ3n) is 4.89. The van der Waals surface area contributed by atoms with Crippen molar-refractivity contribution in [1.29, 1.82) is 0 Å². The van der Waals surface area contributed by atoms with Gasteiger partial charge in [-0.2, -0.15) is 0 Å². The number of primary amides is 1. The number of thioether (sulfide) groups is 1. The molecule has 0 spiro atoms. The van der Waals surface area contributed by atoms with Crippen LogP contribution in [0.5, 0.6) is 5.75 Å². The van der Waals surface area contributed by atoms with E-state index in [1.807, 2.05) is 35.8 Å². The standard InChI is InChI=1S/C24H27N5O5S2/c1-5-12-29-21(15-10-8-9-11-16(15)33-6-2)27-28-24(29)35-13-17(30)26-22-18(23(32)34-7-3)14(4)19(36-22)20(25)31/h5,8-11H,1,6-7,12-13H2,2-4H3,(H2,25,31)(H,26,30). The number of nitrogens with zero attached hydrogens (tertiary/aromatic N) is 3. The lowest BCUT2D eigenvalue weighted by Crippen LogP contribution is -2.17. The van der Waals surface area contributed by atoms with E-state index in [9.17, 15) is 14.4 Å². The topological polar surface area (TPSA) is 138 Å². The first-order valence-corrected chi connectivity index (χ1v) is 12.9. The molecule has 10 nitrogen and oxygen atoms in total. The van der Waals surface area contributed by atoms with E-state index >= 15 is 0 Å². The van der Waals surface area contributed by atoms with E-state index in [4.69, 9.17) is 15.2 Å². The van der Waals surface area contributed by atoms with Crippen LogP contribution < -0.4 is 15.8 Å². The quantitative estimate of drug-likeness (QED) is 0.205. The molecule has 3 N–H and O–H groups in total. The molecule has 190 valence electrons. The van der Waals surface area contributed by atoms with E-state index in [1.54, 1.807) is 19.9 Å². The Hall–Kier alpha value is -3.64. The van der Waals surface area contributed by atoms with Crippen molar-refractivity contribution in [3.05, 3.63) is 52.9 Å². The minimum absolute atomic E-state index is 0.0203. The van der Waals surface area contributed by atoms with Crippen LogP contribution in [0.1, 0.15) is 39.4 Å². The summed E-state index contributed by atoms with van der Waals surface area (Å²) in [7, 11) is 0. The molecule has 12 heteroatoms. The van der Waals surface area contributed by atoms with E-state index < -0.39 is 17.8 Å². The number of anilines is 1. The summed E-state index contributed by atoms with van der Waals surface area (Å²) in [6.07, 6.45) is 1.71. The maximum Gasteiger partial charge on any atom is 0.341 e. The lowest BCUT2D eigenvalue weighted by Gasteiger charge is -2.11. The monoisotopic (exact) mass is 529 g/mol. The number of carbonyl (C=O) groups is 3. The first kappa shape index (κ1) is 27.0. The zero-order valence-corrected chi connectivity index (χ0v) is 21.8. The maximum atomic E-state index is 12.8. The van der Waals surface area contributed by atoms with Gasteiger partial charge >= 0.3 is 5.97 Å². The van der Waals surface area contributed by atoms with Crippen molar-refractivity contribution in [3.63, 3.8) is 0 Å². The predicted molar refractivity (Wildman–Crippen MR) is 140 cm³/mol. The third kappa shape index (κ3) is 5.94. The van der Waals surface area contributed by atoms with Gasteiger partial charge < -0.3 is 20.5 Å². The van der Waals surface area contributed by atoms with Crippen molar-refractivity contribution in [1.82, 2.24) is 14.8 Å². The Morgan fingerprint density at radius 1 is 1.22 bits per heavy atom. The van der Waals surface area contributed by atoms with E-state index in [-0.39, 0.29) is 27.8 Å². The van der Waals surface area contributed by atoms with Crippen LogP contribution in [0.15, 0.2) is 42.1 Å². The summed E-state index contributed by atoms with van der Waals surface area (Å²) >= 11 is 2.12. The summed E-state index contributed by atoms with van der Waals surface area (Å²) < 4.78 is 12.7. The summed E-state index contributed by atoms with van der Waals surface area (Å²) in [6.45, 7) is 10.0. The molecule has 0 aliphatic carbocycles. The van der Waals surface area contributed by atoms with Gasteiger partial charge in [0.2, 0.25) is 5.91 Å². The van der Waals surface area contributed by atoms with E-state index in [2.05, 4.69) is 22.1 Å². The minimum Gasteiger partial charge on any atom is -0.493 e. The number of allylic oxidation sites excluding steroid dienone is 1. The first-order valence-electron chi connectivity index (χ1n) is 11.1. The molecule has 0 unspecified atom stereocenters. The molecule has 0 atom stereocenters. The van der Waals surface area contributed by atoms with Gasteiger partial charge in [-0.05, 0) is 38.5 Å². The van der Waals surface area contributed by atoms with Gasteiger partial charge in [0.25, 0.3) is 5.91 Å². The molecule has 0 bridgehead atoms. The number of aromatic nitrogens is 3. The molecule has 0 saturated carbocycles. The second-order valence-electron chi connectivity index (χ2n) is 7.32. The van der Waals surface area contributed by atoms with Gasteiger partial charge in [-0.25, -0.2) is 4.79 Å². The molecule has 0 fully saturated rings. The third-order valence-corrected chi connectivity index (χ3v) is 7.08. The van der Waals surface area contributed by atoms with Crippen LogP contribution in [-0.4, -0.2) is 51.5 Å². The largest absolute Gasteiger partial charge is 0.493 e. The predicted octanol–water partition coefficient (Wildman–Crippen LogP) is 3.91. The number of thiophene rings is 1. The highest BCUT2D eigenvalue weighted by atomic mass is 32.2. The van der Waals surface area contributed by atoms with Crippen LogP contribution in [-0.2, 0) is 16.1 Å². The number of benzene rings is 1. The molecule has 1 aromatic carbocycles. The Bertz CT molecular complexity index is 1280. The van der Waals surface area contributed by atoms with Crippen LogP contribution in [0.3, 0.4) is 0 Å². The zero-order valence-electron chi connectivity index (χ0n) is 20.2. The molecular weight excluding hydrogens is 502 g/mol. The summed E-state index contributed by atoms with van der Waals surface area (Å²) in [5, 5.41) is 12.0. The van der Waals surface area contributed by atoms with Crippen molar-refractivity contribution >= 4 is 45.9 Å². The van der Waals surface area contributed by atoms with Crippen LogP contribution >= 0.6 is 23.1 Å². The van der Waals surface area contributed by atoms with E-state index in [0.717, 1.165) is 16.9 Å². The number of nitrogens with one attached hydrogen (secondary N) is 1. The molecule has 3 aromatic rings. The van der Waals surface area contributed by atoms with Crippen LogP contribution in [0, 0.1) is 6.92 Å². The molecule has 0 radical (unpaired) electrons. The lowest BCUT2D eigenvalue weighted by atomic mass is 10.1. The van der Waals surface area contributed by atoms with Crippen molar-refractivity contribution in [2.24, 2.45) is 5.73 Å². The Morgan fingerprint density at radius 3 is 2.64 bits per heavy atom. The summed E-state index contributed by atoms with van der Waals surface area (Å²) in [4.78, 5) is 37.2. The fraction of sp³-hybridized carbons (Fsp3) is 0.292. The normalized spacial score (nSPS) is 10.6. The number of amides is 2. The smallest absolute Gasteiger partial charge is 0.341 e. The minimum atomic E-state index is -0.685. The van der Waals surface area contributed by atoms with Crippen molar-refractivity contribution < 1.29 is 23.9 Å². The van der Waals surface area contributed by atoms with Gasteiger partial charge in [0.15, 0.2) is 11.0 Å². The second-order valence-corrected chi connectivity index (χ2v) is 9.28. The van der Waals surface area contributed by atoms with Gasteiger partial charge in [-0.3, -0.25) is 14.2 Å². The molecule has 2 amide bonds. The fourth-order valence-electron chi connectivity index (χ4n) is 3.40.